The van der Waals surface area contributed by atoms with Crippen LogP contribution in [0.2, 0.25) is 0 Å². The summed E-state index contributed by atoms with van der Waals surface area (Å²) in [5, 5.41) is 0. The smallest absolute Gasteiger partial charge is 0.132 e. The highest BCUT2D eigenvalue weighted by atomic mass is 15.3. The Labute approximate surface area is 134 Å². The standard InChI is InChI=1S/C18H30N4/c1-13(2)7-21-8-14-10-22(11-15(14)9-21)17-6-16(18(3,4)5)19-12-20-17/h6,12-15H,7-11H2,1-5H3. The van der Waals surface area contributed by atoms with E-state index >= 15 is 0 Å². The van der Waals surface area contributed by atoms with Gasteiger partial charge in [0.05, 0.1) is 5.69 Å². The monoisotopic (exact) mass is 302 g/mol. The molecule has 1 aromatic rings. The van der Waals surface area contributed by atoms with Crippen molar-refractivity contribution in [3.8, 4) is 0 Å². The Kier molecular flexibility index (Phi) is 4.15. The molecule has 2 unspecified atom stereocenters. The predicted octanol–water partition coefficient (Wildman–Crippen LogP) is 2.80. The van der Waals surface area contributed by atoms with Gasteiger partial charge in [0.1, 0.15) is 12.1 Å². The highest BCUT2D eigenvalue weighted by Gasteiger charge is 2.40. The van der Waals surface area contributed by atoms with Gasteiger partial charge in [0.15, 0.2) is 0 Å². The van der Waals surface area contributed by atoms with Gasteiger partial charge in [0.2, 0.25) is 0 Å². The number of aromatic nitrogens is 2. The largest absolute Gasteiger partial charge is 0.356 e. The number of rotatable bonds is 3. The second-order valence-electron chi connectivity index (χ2n) is 8.55. The molecule has 0 aromatic carbocycles. The first-order valence-electron chi connectivity index (χ1n) is 8.62. The number of anilines is 1. The minimum absolute atomic E-state index is 0.0847. The molecule has 0 bridgehead atoms. The molecule has 0 amide bonds. The van der Waals surface area contributed by atoms with Crippen LogP contribution in [0, 0.1) is 17.8 Å². The summed E-state index contributed by atoms with van der Waals surface area (Å²) in [6.07, 6.45) is 1.73. The Morgan fingerprint density at radius 3 is 2.27 bits per heavy atom. The summed E-state index contributed by atoms with van der Waals surface area (Å²) in [6.45, 7) is 17.3. The lowest BCUT2D eigenvalue weighted by molar-refractivity contribution is 0.280. The van der Waals surface area contributed by atoms with Gasteiger partial charge in [-0.25, -0.2) is 9.97 Å². The third kappa shape index (κ3) is 3.27. The lowest BCUT2D eigenvalue weighted by atomic mass is 9.92. The van der Waals surface area contributed by atoms with Crippen LogP contribution in [0.4, 0.5) is 5.82 Å². The summed E-state index contributed by atoms with van der Waals surface area (Å²) >= 11 is 0. The first kappa shape index (κ1) is 15.7. The molecule has 0 N–H and O–H groups in total. The molecule has 2 atom stereocenters. The maximum absolute atomic E-state index is 4.53. The van der Waals surface area contributed by atoms with Gasteiger partial charge in [-0.2, -0.15) is 0 Å². The van der Waals surface area contributed by atoms with E-state index in [-0.39, 0.29) is 5.41 Å². The molecular weight excluding hydrogens is 272 g/mol. The molecule has 2 saturated heterocycles. The van der Waals surface area contributed by atoms with Gasteiger partial charge in [-0.1, -0.05) is 34.6 Å². The average molecular weight is 302 g/mol. The van der Waals surface area contributed by atoms with Crippen LogP contribution in [-0.2, 0) is 5.41 Å². The van der Waals surface area contributed by atoms with E-state index in [1.807, 2.05) is 0 Å². The van der Waals surface area contributed by atoms with E-state index in [0.29, 0.717) is 0 Å². The molecule has 4 nitrogen and oxygen atoms in total. The van der Waals surface area contributed by atoms with Gasteiger partial charge in [-0.15, -0.1) is 0 Å². The first-order chi connectivity index (χ1) is 10.3. The second-order valence-corrected chi connectivity index (χ2v) is 8.55. The Bertz CT molecular complexity index is 506. The molecule has 2 fully saturated rings. The summed E-state index contributed by atoms with van der Waals surface area (Å²) in [4.78, 5) is 14.1. The van der Waals surface area contributed by atoms with E-state index < -0.39 is 0 Å². The summed E-state index contributed by atoms with van der Waals surface area (Å²) < 4.78 is 0. The van der Waals surface area contributed by atoms with Crippen LogP contribution in [0.15, 0.2) is 12.4 Å². The van der Waals surface area contributed by atoms with Crippen LogP contribution < -0.4 is 4.90 Å². The summed E-state index contributed by atoms with van der Waals surface area (Å²) in [6, 6.07) is 2.19. The summed E-state index contributed by atoms with van der Waals surface area (Å²) in [5.74, 6) is 3.51. The van der Waals surface area contributed by atoms with Gasteiger partial charge in [0, 0.05) is 44.2 Å². The Morgan fingerprint density at radius 1 is 1.09 bits per heavy atom. The third-order valence-corrected chi connectivity index (χ3v) is 4.93. The van der Waals surface area contributed by atoms with Crippen molar-refractivity contribution in [2.24, 2.45) is 17.8 Å². The highest BCUT2D eigenvalue weighted by Crippen LogP contribution is 2.34. The van der Waals surface area contributed by atoms with Crippen molar-refractivity contribution >= 4 is 5.82 Å². The molecule has 3 heterocycles. The van der Waals surface area contributed by atoms with Crippen LogP contribution >= 0.6 is 0 Å². The van der Waals surface area contributed by atoms with Crippen LogP contribution in [0.3, 0.4) is 0 Å². The van der Waals surface area contributed by atoms with Gasteiger partial charge in [0.25, 0.3) is 0 Å². The minimum atomic E-state index is 0.0847. The average Bonchev–Trinajstić information content (AvgIpc) is 2.95. The minimum Gasteiger partial charge on any atom is -0.356 e. The normalized spacial score (nSPS) is 26.0. The number of hydrogen-bond donors (Lipinski definition) is 0. The van der Waals surface area contributed by atoms with E-state index in [2.05, 4.69) is 60.5 Å². The Balaban J connectivity index is 1.66. The van der Waals surface area contributed by atoms with Crippen LogP contribution in [-0.4, -0.2) is 47.6 Å². The molecule has 0 aliphatic carbocycles. The van der Waals surface area contributed by atoms with E-state index in [1.165, 1.54) is 19.6 Å². The molecule has 0 saturated carbocycles. The van der Waals surface area contributed by atoms with E-state index in [0.717, 1.165) is 42.4 Å². The maximum atomic E-state index is 4.53. The van der Waals surface area contributed by atoms with E-state index in [1.54, 1.807) is 6.33 Å². The third-order valence-electron chi connectivity index (χ3n) is 4.93. The zero-order valence-electron chi connectivity index (χ0n) is 14.7. The molecule has 2 aliphatic heterocycles. The Hall–Kier alpha value is -1.16. The fraction of sp³-hybridized carbons (Fsp3) is 0.778. The van der Waals surface area contributed by atoms with Crippen LogP contribution in [0.1, 0.15) is 40.3 Å². The van der Waals surface area contributed by atoms with Crippen LogP contribution in [0.25, 0.3) is 0 Å². The quantitative estimate of drug-likeness (QED) is 0.859. The molecule has 0 radical (unpaired) electrons. The van der Waals surface area contributed by atoms with E-state index in [4.69, 9.17) is 0 Å². The summed E-state index contributed by atoms with van der Waals surface area (Å²) in [7, 11) is 0. The van der Waals surface area contributed by atoms with Gasteiger partial charge in [-0.05, 0) is 17.8 Å². The lowest BCUT2D eigenvalue weighted by Crippen LogP contribution is -2.31. The molecule has 2 aliphatic rings. The van der Waals surface area contributed by atoms with Gasteiger partial charge in [-0.3, -0.25) is 0 Å². The molecule has 4 heteroatoms. The van der Waals surface area contributed by atoms with Crippen molar-refractivity contribution < 1.29 is 0 Å². The molecule has 22 heavy (non-hydrogen) atoms. The zero-order valence-corrected chi connectivity index (χ0v) is 14.7. The molecule has 0 spiro atoms. The predicted molar refractivity (Wildman–Crippen MR) is 91.2 cm³/mol. The van der Waals surface area contributed by atoms with Crippen molar-refractivity contribution in [3.63, 3.8) is 0 Å². The Morgan fingerprint density at radius 2 is 1.73 bits per heavy atom. The topological polar surface area (TPSA) is 32.3 Å². The molecule has 3 rings (SSSR count). The van der Waals surface area contributed by atoms with Crippen molar-refractivity contribution in [2.75, 3.05) is 37.6 Å². The molecule has 1 aromatic heterocycles. The van der Waals surface area contributed by atoms with Crippen molar-refractivity contribution in [1.82, 2.24) is 14.9 Å². The van der Waals surface area contributed by atoms with Crippen molar-refractivity contribution in [1.29, 1.82) is 0 Å². The maximum Gasteiger partial charge on any atom is 0.132 e. The molecule has 122 valence electrons. The zero-order chi connectivity index (χ0) is 15.9. The van der Waals surface area contributed by atoms with Crippen molar-refractivity contribution in [3.05, 3.63) is 18.1 Å². The fourth-order valence-corrected chi connectivity index (χ4v) is 3.87. The highest BCUT2D eigenvalue weighted by molar-refractivity contribution is 5.42. The van der Waals surface area contributed by atoms with E-state index in [9.17, 15) is 0 Å². The van der Waals surface area contributed by atoms with Gasteiger partial charge < -0.3 is 9.80 Å². The molecular formula is C18H30N4. The summed E-state index contributed by atoms with van der Waals surface area (Å²) in [5.41, 5.74) is 1.22. The number of likely N-dealkylation sites (tertiary alicyclic amines) is 1. The lowest BCUT2D eigenvalue weighted by Gasteiger charge is -2.24. The number of nitrogens with zero attached hydrogens (tertiary/aromatic N) is 4. The van der Waals surface area contributed by atoms with Gasteiger partial charge >= 0.3 is 0 Å². The van der Waals surface area contributed by atoms with Crippen molar-refractivity contribution in [2.45, 2.75) is 40.0 Å². The first-order valence-corrected chi connectivity index (χ1v) is 8.62. The van der Waals surface area contributed by atoms with Crippen LogP contribution in [0.5, 0.6) is 0 Å². The SMILES string of the molecule is CC(C)CN1CC2CN(c3cc(C(C)(C)C)ncn3)CC2C1. The fourth-order valence-electron chi connectivity index (χ4n) is 3.87. The number of fused-ring (bicyclic) bond motifs is 1. The number of hydrogen-bond acceptors (Lipinski definition) is 4. The second kappa shape index (κ2) is 5.80.